The fourth-order valence-electron chi connectivity index (χ4n) is 4.25. The van der Waals surface area contributed by atoms with Crippen molar-refractivity contribution in [2.45, 2.75) is 85.0 Å². The summed E-state index contributed by atoms with van der Waals surface area (Å²) in [5, 5.41) is 28.5. The molecule has 4 nitrogen and oxygen atoms in total. The van der Waals surface area contributed by atoms with Gasteiger partial charge in [0.15, 0.2) is 0 Å². The molecule has 2 aromatic rings. The zero-order chi connectivity index (χ0) is 26.9. The Labute approximate surface area is 228 Å². The number of hydrogen-bond donors (Lipinski definition) is 0. The van der Waals surface area contributed by atoms with E-state index < -0.39 is 0 Å². The van der Waals surface area contributed by atoms with Crippen LogP contribution in [0.5, 0.6) is 0 Å². The Kier molecular flexibility index (Phi) is 13.9. The van der Waals surface area contributed by atoms with Gasteiger partial charge in [-0.1, -0.05) is 77.5 Å². The molecule has 1 aromatic carbocycles. The number of aryl methyl sites for hydroxylation is 1. The van der Waals surface area contributed by atoms with Gasteiger partial charge in [0.25, 0.3) is 0 Å². The van der Waals surface area contributed by atoms with Gasteiger partial charge < -0.3 is 4.90 Å². The summed E-state index contributed by atoms with van der Waals surface area (Å²) >= 11 is 1.49. The molecule has 0 radical (unpaired) electrons. The summed E-state index contributed by atoms with van der Waals surface area (Å²) < 4.78 is 0. The zero-order valence-electron chi connectivity index (χ0n) is 22.7. The molecule has 0 aliphatic heterocycles. The lowest BCUT2D eigenvalue weighted by atomic mass is 10.0. The lowest BCUT2D eigenvalue weighted by Gasteiger charge is -2.24. The maximum absolute atomic E-state index is 9.75. The molecule has 0 aliphatic carbocycles. The molecule has 0 bridgehead atoms. The minimum absolute atomic E-state index is 0.113. The van der Waals surface area contributed by atoms with Gasteiger partial charge in [-0.25, -0.2) is 0 Å². The fourth-order valence-corrected chi connectivity index (χ4v) is 5.36. The van der Waals surface area contributed by atoms with Crippen molar-refractivity contribution >= 4 is 34.7 Å². The topological polar surface area (TPSA) is 74.6 Å². The molecule has 0 amide bonds. The molecule has 0 spiro atoms. The summed E-state index contributed by atoms with van der Waals surface area (Å²) in [4.78, 5) is 4.27. The average molecular weight is 513 g/mol. The zero-order valence-corrected chi connectivity index (χ0v) is 23.5. The molecule has 37 heavy (non-hydrogen) atoms. The highest BCUT2D eigenvalue weighted by Crippen LogP contribution is 2.33. The second-order valence-electron chi connectivity index (χ2n) is 9.37. The lowest BCUT2D eigenvalue weighted by Crippen LogP contribution is -2.25. The summed E-state index contributed by atoms with van der Waals surface area (Å²) in [6.45, 7) is 8.85. The molecule has 194 valence electrons. The van der Waals surface area contributed by atoms with Crippen LogP contribution in [0.2, 0.25) is 0 Å². The van der Waals surface area contributed by atoms with Crippen molar-refractivity contribution in [3.8, 4) is 18.2 Å². The van der Waals surface area contributed by atoms with E-state index in [1.165, 1.54) is 62.0 Å². The van der Waals surface area contributed by atoms with Crippen molar-refractivity contribution in [1.82, 2.24) is 0 Å². The van der Waals surface area contributed by atoms with Crippen LogP contribution >= 0.6 is 11.3 Å². The first-order chi connectivity index (χ1) is 18.1. The van der Waals surface area contributed by atoms with Gasteiger partial charge in [0, 0.05) is 23.7 Å². The third-order valence-corrected chi connectivity index (χ3v) is 7.61. The van der Waals surface area contributed by atoms with Crippen LogP contribution in [-0.2, 0) is 6.42 Å². The molecule has 0 N–H and O–H groups in total. The SMILES string of the molecule is CCCCCCCc1cc(/C=C/c2ccc(N(CCCC)CCCC)cc2)sc1C(C#N)=C(C#N)C#N. The standard InChI is InChI=1S/C32H40N4S/c1-4-7-10-11-12-13-27-22-30(37-32(27)31(25-35)28(23-33)24-34)19-16-26-14-17-29(18-15-26)36(20-8-5-2)21-9-6-3/h14-19,22H,4-13,20-21H2,1-3H3/b19-16+. The lowest BCUT2D eigenvalue weighted by molar-refractivity contribution is 0.632. The predicted molar refractivity (Wildman–Crippen MR) is 158 cm³/mol. The summed E-state index contributed by atoms with van der Waals surface area (Å²) in [6, 6.07) is 16.8. The van der Waals surface area contributed by atoms with E-state index in [-0.39, 0.29) is 11.1 Å². The first kappa shape index (κ1) is 29.9. The highest BCUT2D eigenvalue weighted by molar-refractivity contribution is 7.14. The van der Waals surface area contributed by atoms with Crippen LogP contribution < -0.4 is 4.90 Å². The summed E-state index contributed by atoms with van der Waals surface area (Å²) in [7, 11) is 0. The number of allylic oxidation sites excluding steroid dienone is 2. The summed E-state index contributed by atoms with van der Waals surface area (Å²) in [5.41, 5.74) is 3.53. The van der Waals surface area contributed by atoms with Gasteiger partial charge in [-0.15, -0.1) is 11.3 Å². The van der Waals surface area contributed by atoms with Crippen LogP contribution in [-0.4, -0.2) is 13.1 Å². The first-order valence-corrected chi connectivity index (χ1v) is 14.5. The fraction of sp³-hybridized carbons (Fsp3) is 0.469. The number of nitriles is 3. The molecule has 0 atom stereocenters. The normalized spacial score (nSPS) is 10.6. The number of rotatable bonds is 16. The van der Waals surface area contributed by atoms with Crippen molar-refractivity contribution in [2.24, 2.45) is 0 Å². The molecule has 0 saturated carbocycles. The number of benzene rings is 1. The van der Waals surface area contributed by atoms with Gasteiger partial charge in [-0.05, 0) is 61.1 Å². The number of hydrogen-bond acceptors (Lipinski definition) is 5. The highest BCUT2D eigenvalue weighted by atomic mass is 32.1. The molecule has 1 aromatic heterocycles. The number of nitrogens with zero attached hydrogens (tertiary/aromatic N) is 4. The van der Waals surface area contributed by atoms with E-state index in [9.17, 15) is 15.8 Å². The molecule has 0 fully saturated rings. The second kappa shape index (κ2) is 17.2. The molecular weight excluding hydrogens is 472 g/mol. The maximum atomic E-state index is 9.75. The molecule has 0 unspecified atom stereocenters. The van der Waals surface area contributed by atoms with E-state index >= 15 is 0 Å². The highest BCUT2D eigenvalue weighted by Gasteiger charge is 2.17. The second-order valence-corrected chi connectivity index (χ2v) is 10.5. The average Bonchev–Trinajstić information content (AvgIpc) is 3.33. The Hall–Kier alpha value is -3.33. The van der Waals surface area contributed by atoms with Crippen LogP contribution in [0.1, 0.15) is 99.4 Å². The van der Waals surface area contributed by atoms with Crippen LogP contribution in [0, 0.1) is 34.0 Å². The van der Waals surface area contributed by atoms with Crippen LogP contribution in [0.15, 0.2) is 35.9 Å². The van der Waals surface area contributed by atoms with E-state index in [2.05, 4.69) is 74.2 Å². The molecule has 2 rings (SSSR count). The van der Waals surface area contributed by atoms with Crippen molar-refractivity contribution in [3.63, 3.8) is 0 Å². The third-order valence-electron chi connectivity index (χ3n) is 6.45. The Morgan fingerprint density at radius 3 is 1.97 bits per heavy atom. The van der Waals surface area contributed by atoms with E-state index in [4.69, 9.17) is 0 Å². The van der Waals surface area contributed by atoms with Crippen LogP contribution in [0.3, 0.4) is 0 Å². The molecule has 5 heteroatoms. The van der Waals surface area contributed by atoms with Crippen LogP contribution in [0.25, 0.3) is 17.7 Å². The van der Waals surface area contributed by atoms with Crippen molar-refractivity contribution in [1.29, 1.82) is 15.8 Å². The summed E-state index contributed by atoms with van der Waals surface area (Å²) in [5.74, 6) is 0. The van der Waals surface area contributed by atoms with E-state index in [1.807, 2.05) is 12.1 Å². The number of thiophene rings is 1. The van der Waals surface area contributed by atoms with Gasteiger partial charge in [0.05, 0.1) is 10.5 Å². The quantitative estimate of drug-likeness (QED) is 0.166. The third kappa shape index (κ3) is 9.57. The van der Waals surface area contributed by atoms with Crippen molar-refractivity contribution in [2.75, 3.05) is 18.0 Å². The van der Waals surface area contributed by atoms with Crippen molar-refractivity contribution in [3.05, 3.63) is 56.8 Å². The van der Waals surface area contributed by atoms with Gasteiger partial charge in [0.2, 0.25) is 0 Å². The Morgan fingerprint density at radius 1 is 0.784 bits per heavy atom. The van der Waals surface area contributed by atoms with E-state index in [1.54, 1.807) is 0 Å². The minimum Gasteiger partial charge on any atom is -0.372 e. The van der Waals surface area contributed by atoms with E-state index in [0.29, 0.717) is 0 Å². The molecule has 1 heterocycles. The first-order valence-electron chi connectivity index (χ1n) is 13.7. The number of anilines is 1. The van der Waals surface area contributed by atoms with E-state index in [0.717, 1.165) is 53.2 Å². The van der Waals surface area contributed by atoms with Gasteiger partial charge in [-0.2, -0.15) is 15.8 Å². The Bertz CT molecular complexity index is 1130. The number of unbranched alkanes of at least 4 members (excludes halogenated alkanes) is 6. The largest absolute Gasteiger partial charge is 0.372 e. The summed E-state index contributed by atoms with van der Waals surface area (Å²) in [6.07, 6.45) is 15.6. The van der Waals surface area contributed by atoms with Gasteiger partial charge >= 0.3 is 0 Å². The monoisotopic (exact) mass is 512 g/mol. The Balaban J connectivity index is 2.26. The maximum Gasteiger partial charge on any atom is 0.148 e. The molecule has 0 aliphatic rings. The molecular formula is C32H40N4S. The van der Waals surface area contributed by atoms with Crippen LogP contribution in [0.4, 0.5) is 5.69 Å². The Morgan fingerprint density at radius 2 is 1.41 bits per heavy atom. The van der Waals surface area contributed by atoms with Gasteiger partial charge in [-0.3, -0.25) is 0 Å². The van der Waals surface area contributed by atoms with Crippen molar-refractivity contribution < 1.29 is 0 Å². The predicted octanol–water partition coefficient (Wildman–Crippen LogP) is 9.16. The minimum atomic E-state index is -0.113. The molecule has 0 saturated heterocycles. The van der Waals surface area contributed by atoms with Gasteiger partial charge in [0.1, 0.15) is 23.8 Å². The smallest absolute Gasteiger partial charge is 0.148 e.